The molecular weight excluding hydrogens is 292 g/mol. The molecule has 1 aliphatic rings. The Morgan fingerprint density at radius 3 is 2.78 bits per heavy atom. The van der Waals surface area contributed by atoms with Crippen LogP contribution in [0.1, 0.15) is 62.5 Å². The van der Waals surface area contributed by atoms with E-state index < -0.39 is 0 Å². The number of nitrogens with zero attached hydrogens (tertiary/aromatic N) is 2. The minimum absolute atomic E-state index is 0.0203. The normalized spacial score (nSPS) is 21.4. The Morgan fingerprint density at radius 2 is 2.17 bits per heavy atom. The van der Waals surface area contributed by atoms with Crippen LogP contribution in [-0.4, -0.2) is 27.6 Å². The second-order valence-corrected chi connectivity index (χ2v) is 6.87. The van der Waals surface area contributed by atoms with Crippen LogP contribution >= 0.6 is 0 Å². The van der Waals surface area contributed by atoms with Crippen molar-refractivity contribution in [3.63, 3.8) is 0 Å². The van der Waals surface area contributed by atoms with Crippen LogP contribution in [0.3, 0.4) is 0 Å². The molecule has 1 fully saturated rings. The molecule has 2 atom stereocenters. The van der Waals surface area contributed by atoms with Crippen LogP contribution in [0.4, 0.5) is 0 Å². The number of nitrogens with one attached hydrogen (secondary N) is 1. The van der Waals surface area contributed by atoms with Gasteiger partial charge in [0.25, 0.3) is 5.91 Å². The van der Waals surface area contributed by atoms with Crippen molar-refractivity contribution in [3.8, 4) is 0 Å². The first-order chi connectivity index (χ1) is 10.9. The third-order valence-corrected chi connectivity index (χ3v) is 4.48. The highest BCUT2D eigenvalue weighted by Gasteiger charge is 2.27. The van der Waals surface area contributed by atoms with Gasteiger partial charge in [-0.3, -0.25) is 14.3 Å². The number of rotatable bonds is 6. The van der Waals surface area contributed by atoms with Crippen molar-refractivity contribution in [2.24, 2.45) is 17.6 Å². The molecule has 23 heavy (non-hydrogen) atoms. The molecule has 0 spiro atoms. The van der Waals surface area contributed by atoms with Gasteiger partial charge in [0.05, 0.1) is 17.5 Å². The van der Waals surface area contributed by atoms with E-state index in [2.05, 4.69) is 24.3 Å². The molecule has 128 valence electrons. The van der Waals surface area contributed by atoms with Gasteiger partial charge in [0.2, 0.25) is 5.91 Å². The Balaban J connectivity index is 2.05. The third-order valence-electron chi connectivity index (χ3n) is 4.48. The molecule has 0 aromatic carbocycles. The zero-order valence-corrected chi connectivity index (χ0v) is 14.3. The zero-order chi connectivity index (χ0) is 17.0. The lowest BCUT2D eigenvalue weighted by Gasteiger charge is -2.27. The standard InChI is InChI=1S/C17H28N4O2/c1-4-15-14(9-19-21(15)10-11(2)3)17(23)20-13-7-5-6-12(8-13)16(18)22/h9,11-13H,4-8,10H2,1-3H3,(H2,18,22)(H,20,23)/t12-,13-/m0/s1. The van der Waals surface area contributed by atoms with Gasteiger partial charge in [-0.15, -0.1) is 0 Å². The quantitative estimate of drug-likeness (QED) is 0.838. The van der Waals surface area contributed by atoms with E-state index in [-0.39, 0.29) is 23.8 Å². The summed E-state index contributed by atoms with van der Waals surface area (Å²) in [5, 5.41) is 7.43. The molecule has 1 aliphatic carbocycles. The van der Waals surface area contributed by atoms with Crippen molar-refractivity contribution >= 4 is 11.8 Å². The van der Waals surface area contributed by atoms with Gasteiger partial charge in [-0.25, -0.2) is 0 Å². The van der Waals surface area contributed by atoms with E-state index >= 15 is 0 Å². The zero-order valence-electron chi connectivity index (χ0n) is 14.3. The summed E-state index contributed by atoms with van der Waals surface area (Å²) in [5.74, 6) is 0.00376. The van der Waals surface area contributed by atoms with Gasteiger partial charge in [-0.1, -0.05) is 27.2 Å². The largest absolute Gasteiger partial charge is 0.369 e. The van der Waals surface area contributed by atoms with Crippen LogP contribution in [0.15, 0.2) is 6.20 Å². The van der Waals surface area contributed by atoms with E-state index in [0.29, 0.717) is 17.9 Å². The highest BCUT2D eigenvalue weighted by atomic mass is 16.2. The number of carbonyl (C=O) groups is 2. The van der Waals surface area contributed by atoms with Crippen LogP contribution in [0, 0.1) is 11.8 Å². The first kappa shape index (κ1) is 17.5. The van der Waals surface area contributed by atoms with Gasteiger partial charge in [0, 0.05) is 18.5 Å². The summed E-state index contributed by atoms with van der Waals surface area (Å²) in [6.07, 6.45) is 5.72. The Kier molecular flexibility index (Phi) is 5.80. The molecule has 2 amide bonds. The van der Waals surface area contributed by atoms with Crippen LogP contribution in [0.5, 0.6) is 0 Å². The summed E-state index contributed by atoms with van der Waals surface area (Å²) in [4.78, 5) is 23.9. The fourth-order valence-corrected chi connectivity index (χ4v) is 3.32. The van der Waals surface area contributed by atoms with E-state index in [4.69, 9.17) is 5.73 Å². The Labute approximate surface area is 137 Å². The minimum Gasteiger partial charge on any atom is -0.369 e. The first-order valence-electron chi connectivity index (χ1n) is 8.57. The molecule has 0 radical (unpaired) electrons. The lowest BCUT2D eigenvalue weighted by Crippen LogP contribution is -2.41. The van der Waals surface area contributed by atoms with Crippen molar-refractivity contribution in [2.75, 3.05) is 0 Å². The number of primary amides is 1. The molecule has 1 aromatic heterocycles. The molecule has 2 rings (SSSR count). The summed E-state index contributed by atoms with van der Waals surface area (Å²) < 4.78 is 1.92. The lowest BCUT2D eigenvalue weighted by molar-refractivity contribution is -0.122. The van der Waals surface area contributed by atoms with Crippen LogP contribution in [-0.2, 0) is 17.8 Å². The molecule has 0 saturated heterocycles. The fourth-order valence-electron chi connectivity index (χ4n) is 3.32. The van der Waals surface area contributed by atoms with Crippen molar-refractivity contribution < 1.29 is 9.59 Å². The molecule has 3 N–H and O–H groups in total. The fraction of sp³-hybridized carbons (Fsp3) is 0.706. The summed E-state index contributed by atoms with van der Waals surface area (Å²) in [7, 11) is 0. The Hall–Kier alpha value is -1.85. The molecule has 1 heterocycles. The second kappa shape index (κ2) is 7.62. The highest BCUT2D eigenvalue weighted by Crippen LogP contribution is 2.24. The minimum atomic E-state index is -0.261. The monoisotopic (exact) mass is 320 g/mol. The number of aromatic nitrogens is 2. The molecule has 1 saturated carbocycles. The van der Waals surface area contributed by atoms with Gasteiger partial charge in [-0.05, 0) is 31.6 Å². The molecule has 0 unspecified atom stereocenters. The average molecular weight is 320 g/mol. The van der Waals surface area contributed by atoms with Crippen molar-refractivity contribution in [1.29, 1.82) is 0 Å². The predicted molar refractivity (Wildman–Crippen MR) is 88.8 cm³/mol. The molecule has 0 bridgehead atoms. The van der Waals surface area contributed by atoms with E-state index in [0.717, 1.165) is 37.9 Å². The van der Waals surface area contributed by atoms with Gasteiger partial charge in [-0.2, -0.15) is 5.10 Å². The summed E-state index contributed by atoms with van der Waals surface area (Å²) >= 11 is 0. The number of hydrogen-bond donors (Lipinski definition) is 2. The van der Waals surface area contributed by atoms with Crippen molar-refractivity contribution in [2.45, 2.75) is 65.5 Å². The van der Waals surface area contributed by atoms with Crippen LogP contribution < -0.4 is 11.1 Å². The van der Waals surface area contributed by atoms with E-state index in [9.17, 15) is 9.59 Å². The van der Waals surface area contributed by atoms with Crippen LogP contribution in [0.2, 0.25) is 0 Å². The second-order valence-electron chi connectivity index (χ2n) is 6.87. The molecule has 6 nitrogen and oxygen atoms in total. The predicted octanol–water partition coefficient (Wildman–Crippen LogP) is 1.88. The smallest absolute Gasteiger partial charge is 0.254 e. The van der Waals surface area contributed by atoms with Crippen LogP contribution in [0.25, 0.3) is 0 Å². The Morgan fingerprint density at radius 1 is 1.43 bits per heavy atom. The van der Waals surface area contributed by atoms with Gasteiger partial charge < -0.3 is 11.1 Å². The average Bonchev–Trinajstić information content (AvgIpc) is 2.89. The van der Waals surface area contributed by atoms with Crippen molar-refractivity contribution in [1.82, 2.24) is 15.1 Å². The third kappa shape index (κ3) is 4.33. The number of amides is 2. The maximum atomic E-state index is 12.6. The summed E-state index contributed by atoms with van der Waals surface area (Å²) in [5.41, 5.74) is 7.02. The maximum Gasteiger partial charge on any atom is 0.254 e. The summed E-state index contributed by atoms with van der Waals surface area (Å²) in [6.45, 7) is 7.11. The number of nitrogens with two attached hydrogens (primary N) is 1. The topological polar surface area (TPSA) is 90.0 Å². The van der Waals surface area contributed by atoms with Gasteiger partial charge in [0.1, 0.15) is 0 Å². The molecule has 0 aliphatic heterocycles. The van der Waals surface area contributed by atoms with Gasteiger partial charge in [0.15, 0.2) is 0 Å². The van der Waals surface area contributed by atoms with Gasteiger partial charge >= 0.3 is 0 Å². The summed E-state index contributed by atoms with van der Waals surface area (Å²) in [6, 6.07) is 0.0203. The SMILES string of the molecule is CCc1c(C(=O)N[C@H]2CCC[C@H](C(N)=O)C2)cnn1CC(C)C. The van der Waals surface area contributed by atoms with Crippen molar-refractivity contribution in [3.05, 3.63) is 17.5 Å². The number of hydrogen-bond acceptors (Lipinski definition) is 3. The van der Waals surface area contributed by atoms with E-state index in [1.807, 2.05) is 11.6 Å². The molecule has 6 heteroatoms. The molecule has 1 aromatic rings. The lowest BCUT2D eigenvalue weighted by atomic mass is 9.85. The van der Waals surface area contributed by atoms with E-state index in [1.54, 1.807) is 6.20 Å². The highest BCUT2D eigenvalue weighted by molar-refractivity contribution is 5.95. The molecular formula is C17H28N4O2. The van der Waals surface area contributed by atoms with E-state index in [1.165, 1.54) is 0 Å². The Bertz CT molecular complexity index is 565. The number of carbonyl (C=O) groups excluding carboxylic acids is 2. The first-order valence-corrected chi connectivity index (χ1v) is 8.57. The maximum absolute atomic E-state index is 12.6.